The van der Waals surface area contributed by atoms with Crippen LogP contribution in [0.4, 0.5) is 0 Å². The fourth-order valence-corrected chi connectivity index (χ4v) is 13.2. The van der Waals surface area contributed by atoms with Gasteiger partial charge in [0.05, 0.1) is 5.41 Å². The van der Waals surface area contributed by atoms with Gasteiger partial charge in [0.1, 0.15) is 11.2 Å². The normalized spacial score (nSPS) is 13.4. The van der Waals surface area contributed by atoms with Crippen molar-refractivity contribution in [1.29, 1.82) is 0 Å². The van der Waals surface area contributed by atoms with E-state index in [4.69, 9.17) is 4.42 Å². The van der Waals surface area contributed by atoms with Crippen molar-refractivity contribution in [1.82, 2.24) is 0 Å². The second-order valence-corrected chi connectivity index (χ2v) is 19.0. The van der Waals surface area contributed by atoms with Gasteiger partial charge in [0, 0.05) is 10.8 Å². The molecule has 0 atom stereocenters. The lowest BCUT2D eigenvalue weighted by Gasteiger charge is -2.32. The van der Waals surface area contributed by atoms with E-state index < -0.39 is 5.41 Å². The summed E-state index contributed by atoms with van der Waals surface area (Å²) in [7, 11) is 0. The van der Waals surface area contributed by atoms with Crippen LogP contribution < -0.4 is 0 Å². The maximum Gasteiger partial charge on any atom is 0.136 e. The van der Waals surface area contributed by atoms with Gasteiger partial charge in [-0.3, -0.25) is 0 Å². The molecule has 0 radical (unpaired) electrons. The molecule has 1 nitrogen and oxygen atoms in total. The predicted molar refractivity (Wildman–Crippen MR) is 286 cm³/mol. The zero-order valence-electron chi connectivity index (χ0n) is 36.8. The molecule has 1 spiro atoms. The number of hydrogen-bond acceptors (Lipinski definition) is 1. The molecule has 0 fully saturated rings. The fourth-order valence-electron chi connectivity index (χ4n) is 13.2. The topological polar surface area (TPSA) is 13.1 Å². The Labute approximate surface area is 391 Å². The molecule has 1 heteroatoms. The zero-order valence-corrected chi connectivity index (χ0v) is 36.8. The Bertz CT molecular complexity index is 4460. The van der Waals surface area contributed by atoms with Crippen molar-refractivity contribution >= 4 is 86.6 Å². The lowest BCUT2D eigenvalue weighted by Crippen LogP contribution is -2.26. The number of benzene rings is 13. The van der Waals surface area contributed by atoms with Gasteiger partial charge in [-0.05, 0) is 168 Å². The van der Waals surface area contributed by atoms with E-state index in [1.165, 1.54) is 137 Å². The van der Waals surface area contributed by atoms with E-state index in [-0.39, 0.29) is 0 Å². The van der Waals surface area contributed by atoms with Gasteiger partial charge < -0.3 is 4.42 Å². The van der Waals surface area contributed by atoms with Crippen LogP contribution in [0.1, 0.15) is 22.3 Å². The van der Waals surface area contributed by atoms with Crippen LogP contribution in [-0.2, 0) is 5.41 Å². The standard InChI is InChI=1S/C67H38O/c1-2-17-41-38-59-55(35-40(41)16-1)65-48-22-6-5-19-45(48)54-36-42(29-32-53(54)66(65)67(59)57-27-13-11-20-46(57)47-21-12-14-28-58(47)67)62-49-23-7-9-25-51(49)63(52-26-10-8-24-50(52)62)43-31-33-60-56(37-43)64-44-18-4-3-15-39(44)30-34-61(64)68-60/h1-38H. The Morgan fingerprint density at radius 3 is 1.40 bits per heavy atom. The average molecular weight is 859 g/mol. The van der Waals surface area contributed by atoms with E-state index >= 15 is 0 Å². The average Bonchev–Trinajstić information content (AvgIpc) is 4.03. The Morgan fingerprint density at radius 2 is 0.750 bits per heavy atom. The minimum atomic E-state index is -0.500. The van der Waals surface area contributed by atoms with Crippen molar-refractivity contribution < 1.29 is 4.42 Å². The van der Waals surface area contributed by atoms with Crippen molar-refractivity contribution in [2.75, 3.05) is 0 Å². The molecule has 0 unspecified atom stereocenters. The van der Waals surface area contributed by atoms with E-state index in [9.17, 15) is 0 Å². The molecule has 2 aliphatic carbocycles. The van der Waals surface area contributed by atoms with Gasteiger partial charge in [-0.2, -0.15) is 0 Å². The minimum absolute atomic E-state index is 0.500. The van der Waals surface area contributed by atoms with Crippen LogP contribution in [0.25, 0.3) is 131 Å². The molecule has 2 aliphatic rings. The molecule has 13 aromatic carbocycles. The Hall–Kier alpha value is -8.78. The summed E-state index contributed by atoms with van der Waals surface area (Å²) in [5.41, 5.74) is 17.0. The molecular weight excluding hydrogens is 821 g/mol. The number of furan rings is 1. The maximum atomic E-state index is 6.50. The van der Waals surface area contributed by atoms with E-state index in [0.717, 1.165) is 16.6 Å². The van der Waals surface area contributed by atoms with Crippen LogP contribution in [0.15, 0.2) is 235 Å². The highest BCUT2D eigenvalue weighted by Crippen LogP contribution is 2.66. The fraction of sp³-hybridized carbons (Fsp3) is 0.0149. The molecule has 0 aliphatic heterocycles. The van der Waals surface area contributed by atoms with E-state index in [2.05, 4.69) is 231 Å². The highest BCUT2D eigenvalue weighted by Gasteiger charge is 2.53. The number of rotatable bonds is 2. The molecule has 0 amide bonds. The van der Waals surface area contributed by atoms with Crippen LogP contribution in [0.2, 0.25) is 0 Å². The Kier molecular flexibility index (Phi) is 7.07. The van der Waals surface area contributed by atoms with Gasteiger partial charge in [-0.25, -0.2) is 0 Å². The summed E-state index contributed by atoms with van der Waals surface area (Å²) in [5.74, 6) is 0. The van der Waals surface area contributed by atoms with Gasteiger partial charge in [0.25, 0.3) is 0 Å². The van der Waals surface area contributed by atoms with Crippen LogP contribution in [0.5, 0.6) is 0 Å². The molecule has 1 aromatic heterocycles. The Morgan fingerprint density at radius 1 is 0.265 bits per heavy atom. The quantitative estimate of drug-likeness (QED) is 0.125. The highest BCUT2D eigenvalue weighted by molar-refractivity contribution is 6.26. The van der Waals surface area contributed by atoms with Gasteiger partial charge >= 0.3 is 0 Å². The predicted octanol–water partition coefficient (Wildman–Crippen LogP) is 18.2. The van der Waals surface area contributed by atoms with E-state index in [1.54, 1.807) is 0 Å². The smallest absolute Gasteiger partial charge is 0.136 e. The second kappa shape index (κ2) is 13.2. The molecule has 0 bridgehead atoms. The lowest BCUT2D eigenvalue weighted by molar-refractivity contribution is 0.669. The van der Waals surface area contributed by atoms with Crippen LogP contribution in [0, 0.1) is 0 Å². The maximum absolute atomic E-state index is 6.50. The molecule has 312 valence electrons. The van der Waals surface area contributed by atoms with Crippen molar-refractivity contribution in [3.8, 4) is 44.5 Å². The summed E-state index contributed by atoms with van der Waals surface area (Å²) < 4.78 is 6.50. The third kappa shape index (κ3) is 4.56. The molecule has 68 heavy (non-hydrogen) atoms. The first-order valence-electron chi connectivity index (χ1n) is 23.7. The van der Waals surface area contributed by atoms with Gasteiger partial charge in [-0.1, -0.05) is 194 Å². The van der Waals surface area contributed by atoms with Crippen molar-refractivity contribution in [2.45, 2.75) is 5.41 Å². The van der Waals surface area contributed by atoms with E-state index in [1.807, 2.05) is 0 Å². The van der Waals surface area contributed by atoms with Crippen molar-refractivity contribution in [3.63, 3.8) is 0 Å². The summed E-state index contributed by atoms with van der Waals surface area (Å²) in [6.45, 7) is 0. The summed E-state index contributed by atoms with van der Waals surface area (Å²) in [4.78, 5) is 0. The molecule has 16 rings (SSSR count). The molecule has 14 aromatic rings. The minimum Gasteiger partial charge on any atom is -0.456 e. The highest BCUT2D eigenvalue weighted by atomic mass is 16.3. The van der Waals surface area contributed by atoms with Crippen LogP contribution in [-0.4, -0.2) is 0 Å². The first kappa shape index (κ1) is 36.4. The second-order valence-electron chi connectivity index (χ2n) is 19.0. The lowest BCUT2D eigenvalue weighted by atomic mass is 9.69. The van der Waals surface area contributed by atoms with Gasteiger partial charge in [0.15, 0.2) is 0 Å². The molecule has 1 heterocycles. The first-order chi connectivity index (χ1) is 33.7. The molecule has 0 N–H and O–H groups in total. The summed E-state index contributed by atoms with van der Waals surface area (Å²) in [5, 5.41) is 17.4. The largest absolute Gasteiger partial charge is 0.456 e. The van der Waals surface area contributed by atoms with Crippen LogP contribution in [0.3, 0.4) is 0 Å². The van der Waals surface area contributed by atoms with Gasteiger partial charge in [0.2, 0.25) is 0 Å². The molecule has 0 saturated heterocycles. The van der Waals surface area contributed by atoms with Crippen molar-refractivity contribution in [3.05, 3.63) is 253 Å². The van der Waals surface area contributed by atoms with Crippen LogP contribution >= 0.6 is 0 Å². The first-order valence-corrected chi connectivity index (χ1v) is 23.7. The number of hydrogen-bond donors (Lipinski definition) is 0. The summed E-state index contributed by atoms with van der Waals surface area (Å²) in [6.07, 6.45) is 0. The van der Waals surface area contributed by atoms with E-state index in [0.29, 0.717) is 0 Å². The molecular formula is C67H38O. The molecule has 0 saturated carbocycles. The van der Waals surface area contributed by atoms with Gasteiger partial charge in [-0.15, -0.1) is 0 Å². The SMILES string of the molecule is c1ccc2c(c1)-c1ccccc1C21c2cc3ccccc3cc2-c2c1c1ccc(-c3c4ccccc4c(-c4ccc5oc6ccc7ccccc7c6c5c4)c4ccccc34)cc1c1ccccc21. The summed E-state index contributed by atoms with van der Waals surface area (Å²) in [6, 6.07) is 86.5. The number of fused-ring (bicyclic) bond motifs is 23. The third-order valence-electron chi connectivity index (χ3n) is 15.8. The van der Waals surface area contributed by atoms with Crippen molar-refractivity contribution in [2.24, 2.45) is 0 Å². The third-order valence-corrected chi connectivity index (χ3v) is 15.8. The zero-order chi connectivity index (χ0) is 44.2. The Balaban J connectivity index is 0.998. The summed E-state index contributed by atoms with van der Waals surface area (Å²) >= 11 is 0. The monoisotopic (exact) mass is 858 g/mol.